The summed E-state index contributed by atoms with van der Waals surface area (Å²) in [5.41, 5.74) is 3.18. The Morgan fingerprint density at radius 1 is 1.35 bits per heavy atom. The third-order valence-corrected chi connectivity index (χ3v) is 3.58. The zero-order chi connectivity index (χ0) is 14.1. The number of benzene rings is 1. The van der Waals surface area contributed by atoms with Crippen LogP contribution in [0.5, 0.6) is 5.75 Å². The number of aryl methyl sites for hydroxylation is 1. The third kappa shape index (κ3) is 2.15. The Labute approximate surface area is 117 Å². The Morgan fingerprint density at radius 2 is 2.10 bits per heavy atom. The number of amides is 1. The topological polar surface area (TPSA) is 67.0 Å². The second kappa shape index (κ2) is 5.00. The lowest BCUT2D eigenvalue weighted by atomic mass is 9.86. The minimum atomic E-state index is 0.00267. The predicted molar refractivity (Wildman–Crippen MR) is 76.0 cm³/mol. The molecule has 0 fully saturated rings. The number of nitrogens with zero attached hydrogens (tertiary/aromatic N) is 1. The van der Waals surface area contributed by atoms with Gasteiger partial charge in [0.05, 0.1) is 6.61 Å². The van der Waals surface area contributed by atoms with E-state index in [1.165, 1.54) is 0 Å². The third-order valence-electron chi connectivity index (χ3n) is 3.58. The summed E-state index contributed by atoms with van der Waals surface area (Å²) in [5, 5.41) is 9.90. The number of anilines is 1. The van der Waals surface area contributed by atoms with Gasteiger partial charge in [0, 0.05) is 23.6 Å². The zero-order valence-corrected chi connectivity index (χ0v) is 11.6. The first-order chi connectivity index (χ1) is 9.69. The van der Waals surface area contributed by atoms with Gasteiger partial charge in [0.1, 0.15) is 5.75 Å². The Bertz CT molecular complexity index is 631. The summed E-state index contributed by atoms with van der Waals surface area (Å²) in [6.07, 6.45) is 0.446. The van der Waals surface area contributed by atoms with E-state index in [1.807, 2.05) is 38.1 Å². The summed E-state index contributed by atoms with van der Waals surface area (Å²) in [6, 6.07) is 7.93. The van der Waals surface area contributed by atoms with Crippen molar-refractivity contribution in [2.75, 3.05) is 11.9 Å². The average molecular weight is 271 g/mol. The Balaban J connectivity index is 1.97. The van der Waals surface area contributed by atoms with E-state index in [4.69, 9.17) is 4.74 Å². The Kier molecular flexibility index (Phi) is 3.18. The lowest BCUT2D eigenvalue weighted by Gasteiger charge is -2.23. The van der Waals surface area contributed by atoms with E-state index >= 15 is 0 Å². The number of H-pyrrole nitrogens is 1. The molecule has 0 saturated carbocycles. The van der Waals surface area contributed by atoms with Gasteiger partial charge in [-0.3, -0.25) is 9.89 Å². The second-order valence-corrected chi connectivity index (χ2v) is 4.92. The van der Waals surface area contributed by atoms with E-state index < -0.39 is 0 Å². The van der Waals surface area contributed by atoms with Crippen LogP contribution in [0, 0.1) is 6.92 Å². The number of nitrogens with one attached hydrogen (secondary N) is 2. The number of aromatic amines is 1. The highest BCUT2D eigenvalue weighted by atomic mass is 16.5. The van der Waals surface area contributed by atoms with E-state index in [0.29, 0.717) is 18.8 Å². The van der Waals surface area contributed by atoms with Crippen molar-refractivity contribution >= 4 is 11.7 Å². The molecule has 2 heterocycles. The maximum absolute atomic E-state index is 11.8. The normalized spacial score (nSPS) is 17.5. The highest BCUT2D eigenvalue weighted by Gasteiger charge is 2.30. The van der Waals surface area contributed by atoms with Crippen molar-refractivity contribution in [1.82, 2.24) is 10.2 Å². The van der Waals surface area contributed by atoms with Crippen molar-refractivity contribution in [3.8, 4) is 5.75 Å². The van der Waals surface area contributed by atoms with Gasteiger partial charge < -0.3 is 10.1 Å². The Hall–Kier alpha value is -2.30. The highest BCUT2D eigenvalue weighted by molar-refractivity contribution is 5.94. The molecule has 1 aromatic carbocycles. The first kappa shape index (κ1) is 12.7. The zero-order valence-electron chi connectivity index (χ0n) is 11.6. The lowest BCUT2D eigenvalue weighted by molar-refractivity contribution is -0.116. The van der Waals surface area contributed by atoms with Crippen LogP contribution in [0.25, 0.3) is 0 Å². The summed E-state index contributed by atoms with van der Waals surface area (Å²) in [6.45, 7) is 4.58. The molecule has 1 aliphatic rings. The summed E-state index contributed by atoms with van der Waals surface area (Å²) >= 11 is 0. The number of aromatic nitrogens is 2. The molecule has 0 saturated heterocycles. The maximum Gasteiger partial charge on any atom is 0.226 e. The van der Waals surface area contributed by atoms with Crippen LogP contribution in [0.2, 0.25) is 0 Å². The molecule has 1 amide bonds. The molecule has 0 spiro atoms. The quantitative estimate of drug-likeness (QED) is 0.901. The number of hydrogen-bond acceptors (Lipinski definition) is 3. The summed E-state index contributed by atoms with van der Waals surface area (Å²) in [4.78, 5) is 11.8. The van der Waals surface area contributed by atoms with Crippen LogP contribution in [0.4, 0.5) is 5.82 Å². The number of carbonyl (C=O) groups is 1. The average Bonchev–Trinajstić information content (AvgIpc) is 2.81. The minimum absolute atomic E-state index is 0.00267. The fraction of sp³-hybridized carbons (Fsp3) is 0.333. The molecule has 0 aliphatic carbocycles. The molecular formula is C15H17N3O2. The molecule has 5 nitrogen and oxygen atoms in total. The molecule has 1 atom stereocenters. The van der Waals surface area contributed by atoms with Crippen LogP contribution in [0.1, 0.15) is 36.1 Å². The first-order valence-electron chi connectivity index (χ1n) is 6.76. The van der Waals surface area contributed by atoms with E-state index in [9.17, 15) is 4.79 Å². The number of fused-ring (bicyclic) bond motifs is 1. The van der Waals surface area contributed by atoms with Gasteiger partial charge >= 0.3 is 0 Å². The van der Waals surface area contributed by atoms with Crippen LogP contribution in [0.3, 0.4) is 0 Å². The SMILES string of the molecule is CCOc1ccc(C2CC(=O)Nc3n[nH]c(C)c32)cc1. The van der Waals surface area contributed by atoms with E-state index in [0.717, 1.165) is 22.6 Å². The molecule has 2 N–H and O–H groups in total. The van der Waals surface area contributed by atoms with Crippen molar-refractivity contribution in [3.05, 3.63) is 41.1 Å². The van der Waals surface area contributed by atoms with E-state index in [1.54, 1.807) is 0 Å². The largest absolute Gasteiger partial charge is 0.494 e. The number of ether oxygens (including phenoxy) is 1. The standard InChI is InChI=1S/C15H17N3O2/c1-3-20-11-6-4-10(5-7-11)12-8-13(19)16-15-14(12)9(2)17-18-15/h4-7,12H,3,8H2,1-2H3,(H2,16,17,18,19). The Morgan fingerprint density at radius 3 is 2.80 bits per heavy atom. The van der Waals surface area contributed by atoms with Gasteiger partial charge in [0.15, 0.2) is 5.82 Å². The molecule has 104 valence electrons. The van der Waals surface area contributed by atoms with E-state index in [2.05, 4.69) is 15.5 Å². The van der Waals surface area contributed by atoms with Crippen molar-refractivity contribution in [3.63, 3.8) is 0 Å². The monoisotopic (exact) mass is 271 g/mol. The van der Waals surface area contributed by atoms with Gasteiger partial charge in [0.25, 0.3) is 0 Å². The lowest BCUT2D eigenvalue weighted by Crippen LogP contribution is -2.23. The number of rotatable bonds is 3. The first-order valence-corrected chi connectivity index (χ1v) is 6.76. The minimum Gasteiger partial charge on any atom is -0.494 e. The van der Waals surface area contributed by atoms with Gasteiger partial charge in [-0.2, -0.15) is 5.10 Å². The molecule has 2 aromatic rings. The van der Waals surface area contributed by atoms with Crippen LogP contribution in [-0.4, -0.2) is 22.7 Å². The molecule has 20 heavy (non-hydrogen) atoms. The van der Waals surface area contributed by atoms with Crippen molar-refractivity contribution in [2.24, 2.45) is 0 Å². The molecule has 0 bridgehead atoms. The van der Waals surface area contributed by atoms with Gasteiger partial charge in [-0.05, 0) is 31.5 Å². The molecule has 3 rings (SSSR count). The fourth-order valence-electron chi connectivity index (χ4n) is 2.68. The second-order valence-electron chi connectivity index (χ2n) is 4.92. The van der Waals surface area contributed by atoms with Gasteiger partial charge in [-0.25, -0.2) is 0 Å². The van der Waals surface area contributed by atoms with Crippen molar-refractivity contribution in [2.45, 2.75) is 26.2 Å². The van der Waals surface area contributed by atoms with Gasteiger partial charge in [-0.1, -0.05) is 12.1 Å². The molecule has 1 aliphatic heterocycles. The van der Waals surface area contributed by atoms with Crippen molar-refractivity contribution < 1.29 is 9.53 Å². The van der Waals surface area contributed by atoms with Crippen LogP contribution in [-0.2, 0) is 4.79 Å². The van der Waals surface area contributed by atoms with Gasteiger partial charge in [0.2, 0.25) is 5.91 Å². The number of carbonyl (C=O) groups excluding carboxylic acids is 1. The van der Waals surface area contributed by atoms with Crippen molar-refractivity contribution in [1.29, 1.82) is 0 Å². The highest BCUT2D eigenvalue weighted by Crippen LogP contribution is 2.38. The molecule has 1 aromatic heterocycles. The van der Waals surface area contributed by atoms with Crippen LogP contribution >= 0.6 is 0 Å². The number of hydrogen-bond donors (Lipinski definition) is 2. The molecule has 5 heteroatoms. The smallest absolute Gasteiger partial charge is 0.226 e. The predicted octanol–water partition coefficient (Wildman–Crippen LogP) is 2.59. The van der Waals surface area contributed by atoms with Crippen LogP contribution in [0.15, 0.2) is 24.3 Å². The summed E-state index contributed by atoms with van der Waals surface area (Å²) < 4.78 is 5.45. The van der Waals surface area contributed by atoms with Gasteiger partial charge in [-0.15, -0.1) is 0 Å². The molecule has 0 radical (unpaired) electrons. The van der Waals surface area contributed by atoms with Crippen LogP contribution < -0.4 is 10.1 Å². The summed E-state index contributed by atoms with van der Waals surface area (Å²) in [5.74, 6) is 1.55. The molecule has 1 unspecified atom stereocenters. The van der Waals surface area contributed by atoms with E-state index in [-0.39, 0.29) is 11.8 Å². The maximum atomic E-state index is 11.8. The molecular weight excluding hydrogens is 254 g/mol. The summed E-state index contributed by atoms with van der Waals surface area (Å²) in [7, 11) is 0. The fourth-order valence-corrected chi connectivity index (χ4v) is 2.68.